The first-order valence-electron chi connectivity index (χ1n) is 6.40. The largest absolute Gasteiger partial charge is 0.495 e. The molecule has 5 nitrogen and oxygen atoms in total. The lowest BCUT2D eigenvalue weighted by atomic mass is 9.95. The predicted molar refractivity (Wildman–Crippen MR) is 71.6 cm³/mol. The van der Waals surface area contributed by atoms with Crippen LogP contribution in [0.1, 0.15) is 19.3 Å². The van der Waals surface area contributed by atoms with Gasteiger partial charge in [-0.3, -0.25) is 0 Å². The fraction of sp³-hybridized carbons (Fsp3) is 0.500. The summed E-state index contributed by atoms with van der Waals surface area (Å²) in [5.74, 6) is -0.363. The van der Waals surface area contributed by atoms with Gasteiger partial charge in [-0.25, -0.2) is 4.79 Å². The number of carbonyl (C=O) groups is 1. The van der Waals surface area contributed by atoms with Gasteiger partial charge in [0.05, 0.1) is 12.8 Å². The maximum absolute atomic E-state index is 11.1. The Morgan fingerprint density at radius 1 is 1.32 bits per heavy atom. The van der Waals surface area contributed by atoms with E-state index in [1.807, 2.05) is 24.3 Å². The third-order valence-corrected chi connectivity index (χ3v) is 3.64. The molecule has 2 N–H and O–H groups in total. The van der Waals surface area contributed by atoms with Crippen LogP contribution in [0.15, 0.2) is 24.3 Å². The summed E-state index contributed by atoms with van der Waals surface area (Å²) in [5, 5.41) is 19.1. The Balaban J connectivity index is 2.17. The van der Waals surface area contributed by atoms with Crippen LogP contribution in [0, 0.1) is 0 Å². The molecular weight excluding hydrogens is 246 g/mol. The molecule has 0 aliphatic carbocycles. The zero-order chi connectivity index (χ0) is 13.9. The number of methoxy groups -OCH3 is 1. The highest BCUT2D eigenvalue weighted by atomic mass is 16.5. The van der Waals surface area contributed by atoms with Crippen molar-refractivity contribution in [1.29, 1.82) is 0 Å². The summed E-state index contributed by atoms with van der Waals surface area (Å²) in [5.41, 5.74) is -0.656. The monoisotopic (exact) mass is 265 g/mol. The lowest BCUT2D eigenvalue weighted by Gasteiger charge is -2.25. The molecular formula is C14H19NO4. The van der Waals surface area contributed by atoms with Gasteiger partial charge in [-0.15, -0.1) is 0 Å². The van der Waals surface area contributed by atoms with Crippen LogP contribution in [0.5, 0.6) is 5.75 Å². The quantitative estimate of drug-likeness (QED) is 0.866. The third-order valence-electron chi connectivity index (χ3n) is 3.64. The van der Waals surface area contributed by atoms with Crippen LogP contribution in [0.2, 0.25) is 0 Å². The SMILES string of the molecule is COc1ccccc1N1CCCC(O)(C(=O)O)CC1. The first-order valence-corrected chi connectivity index (χ1v) is 6.40. The van der Waals surface area contributed by atoms with E-state index in [1.165, 1.54) is 0 Å². The molecule has 0 bridgehead atoms. The van der Waals surface area contributed by atoms with Crippen molar-refractivity contribution in [3.8, 4) is 5.75 Å². The number of aliphatic hydroxyl groups is 1. The Morgan fingerprint density at radius 3 is 2.74 bits per heavy atom. The molecule has 1 unspecified atom stereocenters. The molecule has 5 heteroatoms. The van der Waals surface area contributed by atoms with Crippen LogP contribution in [-0.4, -0.2) is 42.0 Å². The van der Waals surface area contributed by atoms with Gasteiger partial charge < -0.3 is 19.8 Å². The number of aliphatic carboxylic acids is 1. The van der Waals surface area contributed by atoms with E-state index in [1.54, 1.807) is 7.11 Å². The van der Waals surface area contributed by atoms with E-state index in [0.717, 1.165) is 18.0 Å². The normalized spacial score (nSPS) is 23.8. The summed E-state index contributed by atoms with van der Waals surface area (Å²) in [6, 6.07) is 7.65. The van der Waals surface area contributed by atoms with Gasteiger partial charge in [-0.2, -0.15) is 0 Å². The maximum atomic E-state index is 11.1. The van der Waals surface area contributed by atoms with Gasteiger partial charge in [0.1, 0.15) is 5.75 Å². The number of carboxylic acids is 1. The summed E-state index contributed by atoms with van der Waals surface area (Å²) >= 11 is 0. The number of hydrogen-bond donors (Lipinski definition) is 2. The second-order valence-corrected chi connectivity index (χ2v) is 4.85. The van der Waals surface area contributed by atoms with Crippen molar-refractivity contribution in [3.05, 3.63) is 24.3 Å². The van der Waals surface area contributed by atoms with Crippen molar-refractivity contribution in [1.82, 2.24) is 0 Å². The summed E-state index contributed by atoms with van der Waals surface area (Å²) in [4.78, 5) is 13.2. The zero-order valence-electron chi connectivity index (χ0n) is 11.0. The van der Waals surface area contributed by atoms with Crippen LogP contribution in [-0.2, 0) is 4.79 Å². The minimum atomic E-state index is -1.60. The third kappa shape index (κ3) is 2.81. The van der Waals surface area contributed by atoms with Gasteiger partial charge in [0.15, 0.2) is 5.60 Å². The van der Waals surface area contributed by atoms with Gasteiger partial charge in [-0.05, 0) is 25.0 Å². The lowest BCUT2D eigenvalue weighted by molar-refractivity contribution is -0.159. The molecule has 19 heavy (non-hydrogen) atoms. The molecule has 0 aromatic heterocycles. The first kappa shape index (κ1) is 13.7. The van der Waals surface area contributed by atoms with Crippen LogP contribution < -0.4 is 9.64 Å². The van der Waals surface area contributed by atoms with Crippen molar-refractivity contribution in [2.45, 2.75) is 24.9 Å². The fourth-order valence-corrected chi connectivity index (χ4v) is 2.46. The topological polar surface area (TPSA) is 70.0 Å². The first-order chi connectivity index (χ1) is 9.07. The van der Waals surface area contributed by atoms with E-state index in [0.29, 0.717) is 13.0 Å². The van der Waals surface area contributed by atoms with Gasteiger partial charge in [0, 0.05) is 19.5 Å². The summed E-state index contributed by atoms with van der Waals surface area (Å²) in [7, 11) is 1.62. The predicted octanol–water partition coefficient (Wildman–Crippen LogP) is 1.50. The summed E-state index contributed by atoms with van der Waals surface area (Å²) < 4.78 is 5.32. The molecule has 0 saturated carbocycles. The van der Waals surface area contributed by atoms with Crippen molar-refractivity contribution in [2.24, 2.45) is 0 Å². The van der Waals surface area contributed by atoms with Crippen LogP contribution >= 0.6 is 0 Å². The number of nitrogens with zero attached hydrogens (tertiary/aromatic N) is 1. The highest BCUT2D eigenvalue weighted by Gasteiger charge is 2.37. The van der Waals surface area contributed by atoms with Gasteiger partial charge in [-0.1, -0.05) is 12.1 Å². The van der Waals surface area contributed by atoms with E-state index in [-0.39, 0.29) is 12.8 Å². The number of ether oxygens (including phenoxy) is 1. The van der Waals surface area contributed by atoms with Crippen LogP contribution in [0.4, 0.5) is 5.69 Å². The molecule has 1 aromatic rings. The van der Waals surface area contributed by atoms with Crippen LogP contribution in [0.25, 0.3) is 0 Å². The van der Waals surface area contributed by atoms with E-state index in [2.05, 4.69) is 4.90 Å². The number of rotatable bonds is 3. The Morgan fingerprint density at radius 2 is 2.05 bits per heavy atom. The molecule has 1 saturated heterocycles. The smallest absolute Gasteiger partial charge is 0.335 e. The van der Waals surface area contributed by atoms with Crippen molar-refractivity contribution >= 4 is 11.7 Å². The molecule has 104 valence electrons. The summed E-state index contributed by atoms with van der Waals surface area (Å²) in [6.07, 6.45) is 1.15. The number of anilines is 1. The zero-order valence-corrected chi connectivity index (χ0v) is 11.0. The second kappa shape index (κ2) is 5.48. The standard InChI is InChI=1S/C14H19NO4/c1-19-12-6-3-2-5-11(12)15-9-4-7-14(18,8-10-15)13(16)17/h2-3,5-6,18H,4,7-10H2,1H3,(H,16,17). The molecule has 1 atom stereocenters. The van der Waals surface area contributed by atoms with Crippen molar-refractivity contribution in [3.63, 3.8) is 0 Å². The van der Waals surface area contributed by atoms with E-state index in [4.69, 9.17) is 9.84 Å². The minimum Gasteiger partial charge on any atom is -0.495 e. The number of hydrogen-bond acceptors (Lipinski definition) is 4. The Kier molecular flexibility index (Phi) is 3.95. The lowest BCUT2D eigenvalue weighted by Crippen LogP contribution is -2.39. The molecule has 1 heterocycles. The van der Waals surface area contributed by atoms with Crippen molar-refractivity contribution in [2.75, 3.05) is 25.1 Å². The molecule has 1 fully saturated rings. The van der Waals surface area contributed by atoms with Gasteiger partial charge in [0.2, 0.25) is 0 Å². The van der Waals surface area contributed by atoms with E-state index in [9.17, 15) is 9.90 Å². The molecule has 2 rings (SSSR count). The van der Waals surface area contributed by atoms with Crippen LogP contribution in [0.3, 0.4) is 0 Å². The average molecular weight is 265 g/mol. The molecule has 1 aliphatic heterocycles. The van der Waals surface area contributed by atoms with Gasteiger partial charge in [0.25, 0.3) is 0 Å². The molecule has 1 aromatic carbocycles. The highest BCUT2D eigenvalue weighted by Crippen LogP contribution is 2.31. The Hall–Kier alpha value is -1.75. The molecule has 0 radical (unpaired) electrons. The number of benzene rings is 1. The Labute approximate surface area is 112 Å². The van der Waals surface area contributed by atoms with Gasteiger partial charge >= 0.3 is 5.97 Å². The number of para-hydroxylation sites is 2. The average Bonchev–Trinajstić information content (AvgIpc) is 2.62. The number of carboxylic acid groups (broad SMARTS) is 1. The summed E-state index contributed by atoms with van der Waals surface area (Å²) in [6.45, 7) is 1.22. The van der Waals surface area contributed by atoms with E-state index < -0.39 is 11.6 Å². The maximum Gasteiger partial charge on any atom is 0.335 e. The Bertz CT molecular complexity index is 463. The molecule has 1 aliphatic rings. The highest BCUT2D eigenvalue weighted by molar-refractivity contribution is 5.77. The minimum absolute atomic E-state index is 0.223. The van der Waals surface area contributed by atoms with E-state index >= 15 is 0 Å². The molecule has 0 spiro atoms. The second-order valence-electron chi connectivity index (χ2n) is 4.85. The molecule has 0 amide bonds. The fourth-order valence-electron chi connectivity index (χ4n) is 2.46. The van der Waals surface area contributed by atoms with Crippen molar-refractivity contribution < 1.29 is 19.7 Å².